The van der Waals surface area contributed by atoms with Crippen molar-refractivity contribution < 1.29 is 4.74 Å². The number of methoxy groups -OCH3 is 1. The average molecular weight is 286 g/mol. The predicted molar refractivity (Wildman–Crippen MR) is 80.5 cm³/mol. The molecule has 0 aliphatic rings. The summed E-state index contributed by atoms with van der Waals surface area (Å²) in [5, 5.41) is 0.674. The summed E-state index contributed by atoms with van der Waals surface area (Å²) in [6.07, 6.45) is 0.935. The van der Waals surface area contributed by atoms with Gasteiger partial charge in [0, 0.05) is 16.1 Å². The lowest BCUT2D eigenvalue weighted by Gasteiger charge is -2.42. The molecule has 0 aliphatic carbocycles. The highest BCUT2D eigenvalue weighted by atomic mass is 35.5. The molecule has 0 heterocycles. The van der Waals surface area contributed by atoms with Crippen molar-refractivity contribution in [1.82, 2.24) is 10.3 Å². The van der Waals surface area contributed by atoms with E-state index < -0.39 is 0 Å². The Morgan fingerprint density at radius 1 is 1.47 bits per heavy atom. The second-order valence-electron chi connectivity index (χ2n) is 5.09. The van der Waals surface area contributed by atoms with Gasteiger partial charge in [-0.2, -0.15) is 0 Å². The zero-order valence-electron chi connectivity index (χ0n) is 12.3. The molecule has 1 aromatic rings. The Bertz CT molecular complexity index is 425. The number of rotatable bonds is 6. The third-order valence-corrected chi connectivity index (χ3v) is 4.26. The van der Waals surface area contributed by atoms with Gasteiger partial charge >= 0.3 is 0 Å². The SMILES string of the molecule is CCC(C)(C(NN)c1cc(Cl)ccc1OC)N(C)C. The third-order valence-electron chi connectivity index (χ3n) is 4.03. The first-order chi connectivity index (χ1) is 8.90. The summed E-state index contributed by atoms with van der Waals surface area (Å²) >= 11 is 6.11. The zero-order valence-corrected chi connectivity index (χ0v) is 13.1. The van der Waals surface area contributed by atoms with Crippen LogP contribution in [0.1, 0.15) is 31.9 Å². The van der Waals surface area contributed by atoms with E-state index in [2.05, 4.69) is 24.2 Å². The number of benzene rings is 1. The summed E-state index contributed by atoms with van der Waals surface area (Å²) < 4.78 is 5.43. The van der Waals surface area contributed by atoms with Crippen LogP contribution < -0.4 is 16.0 Å². The van der Waals surface area contributed by atoms with Crippen LogP contribution in [0.5, 0.6) is 5.75 Å². The van der Waals surface area contributed by atoms with Crippen LogP contribution in [0.15, 0.2) is 18.2 Å². The number of nitrogens with two attached hydrogens (primary N) is 1. The van der Waals surface area contributed by atoms with Gasteiger partial charge in [-0.05, 0) is 45.6 Å². The first-order valence-electron chi connectivity index (χ1n) is 6.37. The number of likely N-dealkylation sites (N-methyl/N-ethyl adjacent to an activating group) is 1. The average Bonchev–Trinajstić information content (AvgIpc) is 2.39. The van der Waals surface area contributed by atoms with Gasteiger partial charge in [0.05, 0.1) is 13.2 Å². The van der Waals surface area contributed by atoms with Crippen LogP contribution in [0.25, 0.3) is 0 Å². The quantitative estimate of drug-likeness (QED) is 0.623. The molecule has 0 saturated carbocycles. The van der Waals surface area contributed by atoms with Crippen LogP contribution in [-0.4, -0.2) is 31.6 Å². The first-order valence-corrected chi connectivity index (χ1v) is 6.75. The second kappa shape index (κ2) is 6.57. The van der Waals surface area contributed by atoms with Crippen molar-refractivity contribution >= 4 is 11.6 Å². The molecule has 0 saturated heterocycles. The fraction of sp³-hybridized carbons (Fsp3) is 0.571. The second-order valence-corrected chi connectivity index (χ2v) is 5.53. The Hall–Kier alpha value is -0.810. The number of nitrogens with zero attached hydrogens (tertiary/aromatic N) is 1. The maximum absolute atomic E-state index is 6.11. The van der Waals surface area contributed by atoms with E-state index in [0.717, 1.165) is 17.7 Å². The standard InChI is InChI=1S/C14H24ClN3O/c1-6-14(2,18(3)4)13(17-16)11-9-10(15)7-8-12(11)19-5/h7-9,13,17H,6,16H2,1-5H3. The van der Waals surface area contributed by atoms with Gasteiger partial charge < -0.3 is 9.64 Å². The fourth-order valence-corrected chi connectivity index (χ4v) is 2.49. The van der Waals surface area contributed by atoms with Gasteiger partial charge in [-0.3, -0.25) is 11.3 Å². The van der Waals surface area contributed by atoms with Gasteiger partial charge in [-0.15, -0.1) is 0 Å². The predicted octanol–water partition coefficient (Wildman–Crippen LogP) is 2.58. The summed E-state index contributed by atoms with van der Waals surface area (Å²) in [5.74, 6) is 6.59. The van der Waals surface area contributed by atoms with Gasteiger partial charge in [0.25, 0.3) is 0 Å². The molecule has 0 spiro atoms. The Balaban J connectivity index is 3.33. The number of hydrogen-bond acceptors (Lipinski definition) is 4. The van der Waals surface area contributed by atoms with Crippen LogP contribution in [0, 0.1) is 0 Å². The molecule has 0 bridgehead atoms. The van der Waals surface area contributed by atoms with E-state index in [0.29, 0.717) is 5.02 Å². The molecule has 4 nitrogen and oxygen atoms in total. The lowest BCUT2D eigenvalue weighted by molar-refractivity contribution is 0.111. The number of nitrogens with one attached hydrogen (secondary N) is 1. The number of hydrogen-bond donors (Lipinski definition) is 2. The molecule has 19 heavy (non-hydrogen) atoms. The van der Waals surface area contributed by atoms with Crippen molar-refractivity contribution in [1.29, 1.82) is 0 Å². The zero-order chi connectivity index (χ0) is 14.6. The summed E-state index contributed by atoms with van der Waals surface area (Å²) in [6.45, 7) is 4.30. The van der Waals surface area contributed by atoms with Crippen molar-refractivity contribution in [2.75, 3.05) is 21.2 Å². The van der Waals surface area contributed by atoms with Gasteiger partial charge in [0.15, 0.2) is 0 Å². The molecule has 0 amide bonds. The van der Waals surface area contributed by atoms with Gasteiger partial charge in [-0.25, -0.2) is 0 Å². The smallest absolute Gasteiger partial charge is 0.123 e. The molecule has 5 heteroatoms. The molecule has 2 atom stereocenters. The number of ether oxygens (including phenoxy) is 1. The maximum atomic E-state index is 6.11. The fourth-order valence-electron chi connectivity index (χ4n) is 2.31. The van der Waals surface area contributed by atoms with Crippen LogP contribution in [0.4, 0.5) is 0 Å². The highest BCUT2D eigenvalue weighted by molar-refractivity contribution is 6.30. The van der Waals surface area contributed by atoms with E-state index in [4.69, 9.17) is 22.2 Å². The molecule has 0 aromatic heterocycles. The monoisotopic (exact) mass is 285 g/mol. The normalized spacial score (nSPS) is 16.2. The highest BCUT2D eigenvalue weighted by Gasteiger charge is 2.36. The minimum atomic E-state index is -0.146. The van der Waals surface area contributed by atoms with Crippen molar-refractivity contribution in [3.63, 3.8) is 0 Å². The van der Waals surface area contributed by atoms with Crippen molar-refractivity contribution in [3.05, 3.63) is 28.8 Å². The Kier molecular flexibility index (Phi) is 5.62. The van der Waals surface area contributed by atoms with E-state index in [9.17, 15) is 0 Å². The lowest BCUT2D eigenvalue weighted by Crippen LogP contribution is -2.53. The van der Waals surface area contributed by atoms with E-state index in [1.54, 1.807) is 7.11 Å². The molecule has 2 unspecified atom stereocenters. The van der Waals surface area contributed by atoms with Crippen molar-refractivity contribution in [3.8, 4) is 5.75 Å². The molecular weight excluding hydrogens is 262 g/mol. The van der Waals surface area contributed by atoms with Crippen LogP contribution >= 0.6 is 11.6 Å². The molecular formula is C14H24ClN3O. The third kappa shape index (κ3) is 3.20. The topological polar surface area (TPSA) is 50.5 Å². The van der Waals surface area contributed by atoms with E-state index in [1.807, 2.05) is 32.3 Å². The summed E-state index contributed by atoms with van der Waals surface area (Å²) in [5.41, 5.74) is 3.73. The summed E-state index contributed by atoms with van der Waals surface area (Å²) in [4.78, 5) is 2.16. The Morgan fingerprint density at radius 2 is 2.11 bits per heavy atom. The molecule has 1 rings (SSSR count). The van der Waals surface area contributed by atoms with Crippen molar-refractivity contribution in [2.45, 2.75) is 31.8 Å². The maximum Gasteiger partial charge on any atom is 0.123 e. The highest BCUT2D eigenvalue weighted by Crippen LogP contribution is 2.37. The lowest BCUT2D eigenvalue weighted by atomic mass is 9.83. The van der Waals surface area contributed by atoms with Gasteiger partial charge in [0.2, 0.25) is 0 Å². The Morgan fingerprint density at radius 3 is 2.53 bits per heavy atom. The molecule has 0 fully saturated rings. The minimum absolute atomic E-state index is 0.0823. The number of halogens is 1. The summed E-state index contributed by atoms with van der Waals surface area (Å²) in [7, 11) is 5.75. The molecule has 0 aliphatic heterocycles. The Labute approximate surface area is 120 Å². The molecule has 108 valence electrons. The van der Waals surface area contributed by atoms with Crippen LogP contribution in [-0.2, 0) is 0 Å². The van der Waals surface area contributed by atoms with Gasteiger partial charge in [0.1, 0.15) is 5.75 Å². The molecule has 3 N–H and O–H groups in total. The van der Waals surface area contributed by atoms with E-state index in [-0.39, 0.29) is 11.6 Å². The largest absolute Gasteiger partial charge is 0.496 e. The first kappa shape index (κ1) is 16.2. The van der Waals surface area contributed by atoms with E-state index in [1.165, 1.54) is 0 Å². The van der Waals surface area contributed by atoms with Crippen LogP contribution in [0.3, 0.4) is 0 Å². The minimum Gasteiger partial charge on any atom is -0.496 e. The van der Waals surface area contributed by atoms with Crippen LogP contribution in [0.2, 0.25) is 5.02 Å². The number of hydrazine groups is 1. The summed E-state index contributed by atoms with van der Waals surface area (Å²) in [6, 6.07) is 5.51. The van der Waals surface area contributed by atoms with E-state index >= 15 is 0 Å². The van der Waals surface area contributed by atoms with Gasteiger partial charge in [-0.1, -0.05) is 18.5 Å². The molecule has 1 aromatic carbocycles. The molecule has 0 radical (unpaired) electrons. The van der Waals surface area contributed by atoms with Crippen molar-refractivity contribution in [2.24, 2.45) is 5.84 Å².